The quantitative estimate of drug-likeness (QED) is 0.638. The van der Waals surface area contributed by atoms with Crippen LogP contribution in [0, 0.1) is 11.8 Å². The van der Waals surface area contributed by atoms with Crippen molar-refractivity contribution in [3.05, 3.63) is 0 Å². The number of methoxy groups -OCH3 is 1. The van der Waals surface area contributed by atoms with Crippen LogP contribution in [0.4, 0.5) is 0 Å². The minimum Gasteiger partial charge on any atom is -0.392 e. The van der Waals surface area contributed by atoms with E-state index in [0.29, 0.717) is 24.4 Å². The monoisotopic (exact) mass is 231 g/mol. The van der Waals surface area contributed by atoms with Crippen LogP contribution in [0.15, 0.2) is 0 Å². The maximum atomic E-state index is 9.78. The van der Waals surface area contributed by atoms with Gasteiger partial charge in [0.2, 0.25) is 0 Å². The molecule has 0 aliphatic rings. The fraction of sp³-hybridized carbons (Fsp3) is 1.00. The highest BCUT2D eigenvalue weighted by atomic mass is 16.5. The third-order valence-corrected chi connectivity index (χ3v) is 2.80. The molecule has 0 aromatic rings. The summed E-state index contributed by atoms with van der Waals surface area (Å²) in [5.41, 5.74) is 0. The van der Waals surface area contributed by atoms with Gasteiger partial charge >= 0.3 is 0 Å². The average molecular weight is 231 g/mol. The summed E-state index contributed by atoms with van der Waals surface area (Å²) in [5, 5.41) is 13.2. The summed E-state index contributed by atoms with van der Waals surface area (Å²) >= 11 is 0. The van der Waals surface area contributed by atoms with Gasteiger partial charge in [-0.25, -0.2) is 0 Å². The number of aliphatic hydroxyl groups excluding tert-OH is 1. The summed E-state index contributed by atoms with van der Waals surface area (Å²) in [5.74, 6) is 1.12. The standard InChI is InChI=1S/C13H29NO2/c1-10(2)8-12(15)9-14-13(11(3)4)6-7-16-5/h10-15H,6-9H2,1-5H3. The molecular formula is C13H29NO2. The highest BCUT2D eigenvalue weighted by Gasteiger charge is 2.14. The van der Waals surface area contributed by atoms with Crippen molar-refractivity contribution in [1.82, 2.24) is 5.32 Å². The van der Waals surface area contributed by atoms with Crippen molar-refractivity contribution in [2.24, 2.45) is 11.8 Å². The molecule has 0 bridgehead atoms. The molecule has 16 heavy (non-hydrogen) atoms. The number of nitrogens with one attached hydrogen (secondary N) is 1. The number of aliphatic hydroxyl groups is 1. The number of rotatable bonds is 9. The van der Waals surface area contributed by atoms with E-state index < -0.39 is 0 Å². The van der Waals surface area contributed by atoms with Gasteiger partial charge in [0.15, 0.2) is 0 Å². The first-order valence-electron chi connectivity index (χ1n) is 6.37. The third kappa shape index (κ3) is 8.08. The molecule has 2 N–H and O–H groups in total. The Balaban J connectivity index is 3.82. The molecule has 0 radical (unpaired) electrons. The van der Waals surface area contributed by atoms with Gasteiger partial charge in [0.1, 0.15) is 0 Å². The van der Waals surface area contributed by atoms with Gasteiger partial charge in [-0.05, 0) is 24.7 Å². The van der Waals surface area contributed by atoms with Gasteiger partial charge in [0.25, 0.3) is 0 Å². The zero-order chi connectivity index (χ0) is 12.6. The van der Waals surface area contributed by atoms with Crippen molar-refractivity contribution in [3.63, 3.8) is 0 Å². The average Bonchev–Trinajstić information content (AvgIpc) is 2.16. The summed E-state index contributed by atoms with van der Waals surface area (Å²) in [7, 11) is 1.73. The zero-order valence-corrected chi connectivity index (χ0v) is 11.5. The fourth-order valence-electron chi connectivity index (χ4n) is 1.83. The number of hydrogen-bond acceptors (Lipinski definition) is 3. The second kappa shape index (κ2) is 8.97. The minimum absolute atomic E-state index is 0.233. The van der Waals surface area contributed by atoms with Crippen LogP contribution < -0.4 is 5.32 Å². The predicted octanol–water partition coefficient (Wildman–Crippen LogP) is 2.04. The predicted molar refractivity (Wildman–Crippen MR) is 68.6 cm³/mol. The lowest BCUT2D eigenvalue weighted by atomic mass is 10.00. The second-order valence-corrected chi connectivity index (χ2v) is 5.32. The Kier molecular flexibility index (Phi) is 8.90. The highest BCUT2D eigenvalue weighted by molar-refractivity contribution is 4.73. The topological polar surface area (TPSA) is 41.5 Å². The molecule has 0 aliphatic carbocycles. The molecule has 2 unspecified atom stereocenters. The Labute approximate surface area is 101 Å². The smallest absolute Gasteiger partial charge is 0.0667 e. The van der Waals surface area contributed by atoms with Crippen LogP contribution in [0.5, 0.6) is 0 Å². The molecule has 0 aromatic heterocycles. The molecule has 0 rings (SSSR count). The van der Waals surface area contributed by atoms with E-state index in [9.17, 15) is 5.11 Å². The first-order chi connectivity index (χ1) is 7.47. The van der Waals surface area contributed by atoms with Crippen LogP contribution in [0.1, 0.15) is 40.5 Å². The van der Waals surface area contributed by atoms with E-state index in [4.69, 9.17) is 4.74 Å². The number of ether oxygens (including phenoxy) is 1. The third-order valence-electron chi connectivity index (χ3n) is 2.80. The van der Waals surface area contributed by atoms with E-state index in [1.54, 1.807) is 7.11 Å². The fourth-order valence-corrected chi connectivity index (χ4v) is 1.83. The molecule has 0 amide bonds. The summed E-state index contributed by atoms with van der Waals surface area (Å²) in [6.07, 6.45) is 1.63. The molecule has 0 saturated heterocycles. The summed E-state index contributed by atoms with van der Waals surface area (Å²) in [4.78, 5) is 0. The Morgan fingerprint density at radius 1 is 1.19 bits per heavy atom. The summed E-state index contributed by atoms with van der Waals surface area (Å²) < 4.78 is 5.09. The first-order valence-corrected chi connectivity index (χ1v) is 6.37. The van der Waals surface area contributed by atoms with Crippen LogP contribution in [0.25, 0.3) is 0 Å². The minimum atomic E-state index is -0.233. The molecule has 2 atom stereocenters. The Morgan fingerprint density at radius 2 is 1.81 bits per heavy atom. The zero-order valence-electron chi connectivity index (χ0n) is 11.5. The molecule has 0 fully saturated rings. The lowest BCUT2D eigenvalue weighted by Gasteiger charge is -2.24. The van der Waals surface area contributed by atoms with Crippen molar-refractivity contribution in [2.45, 2.75) is 52.7 Å². The Bertz CT molecular complexity index is 160. The van der Waals surface area contributed by atoms with Crippen molar-refractivity contribution in [1.29, 1.82) is 0 Å². The van der Waals surface area contributed by atoms with Gasteiger partial charge in [-0.15, -0.1) is 0 Å². The van der Waals surface area contributed by atoms with Gasteiger partial charge in [0, 0.05) is 26.3 Å². The van der Waals surface area contributed by atoms with Crippen molar-refractivity contribution < 1.29 is 9.84 Å². The Hall–Kier alpha value is -0.120. The van der Waals surface area contributed by atoms with E-state index in [0.717, 1.165) is 19.4 Å². The van der Waals surface area contributed by atoms with Crippen molar-refractivity contribution in [2.75, 3.05) is 20.3 Å². The van der Waals surface area contributed by atoms with E-state index >= 15 is 0 Å². The molecule has 0 spiro atoms. The van der Waals surface area contributed by atoms with Gasteiger partial charge in [0.05, 0.1) is 6.10 Å². The van der Waals surface area contributed by atoms with Gasteiger partial charge in [-0.1, -0.05) is 27.7 Å². The highest BCUT2D eigenvalue weighted by Crippen LogP contribution is 2.08. The largest absolute Gasteiger partial charge is 0.392 e. The van der Waals surface area contributed by atoms with Crippen LogP contribution in [-0.4, -0.2) is 37.5 Å². The molecular weight excluding hydrogens is 202 g/mol. The van der Waals surface area contributed by atoms with Crippen LogP contribution >= 0.6 is 0 Å². The first kappa shape index (κ1) is 15.9. The van der Waals surface area contributed by atoms with Crippen molar-refractivity contribution in [3.8, 4) is 0 Å². The summed E-state index contributed by atoms with van der Waals surface area (Å²) in [6, 6.07) is 0.432. The second-order valence-electron chi connectivity index (χ2n) is 5.32. The van der Waals surface area contributed by atoms with E-state index in [2.05, 4.69) is 33.0 Å². The van der Waals surface area contributed by atoms with Crippen molar-refractivity contribution >= 4 is 0 Å². The van der Waals surface area contributed by atoms with Gasteiger partial charge in [-0.2, -0.15) is 0 Å². The normalized spacial score (nSPS) is 15.8. The molecule has 0 aromatic carbocycles. The molecule has 0 saturated carbocycles. The van der Waals surface area contributed by atoms with Crippen LogP contribution in [0.3, 0.4) is 0 Å². The maximum Gasteiger partial charge on any atom is 0.0667 e. The van der Waals surface area contributed by atoms with E-state index in [-0.39, 0.29) is 6.10 Å². The van der Waals surface area contributed by atoms with Gasteiger partial charge < -0.3 is 15.2 Å². The van der Waals surface area contributed by atoms with Gasteiger partial charge in [-0.3, -0.25) is 0 Å². The summed E-state index contributed by atoms with van der Waals surface area (Å²) in [6.45, 7) is 10.1. The lowest BCUT2D eigenvalue weighted by Crippen LogP contribution is -2.40. The number of hydrogen-bond donors (Lipinski definition) is 2. The molecule has 0 heterocycles. The van der Waals surface area contributed by atoms with E-state index in [1.807, 2.05) is 0 Å². The Morgan fingerprint density at radius 3 is 2.25 bits per heavy atom. The maximum absolute atomic E-state index is 9.78. The lowest BCUT2D eigenvalue weighted by molar-refractivity contribution is 0.130. The van der Waals surface area contributed by atoms with Crippen LogP contribution in [0.2, 0.25) is 0 Å². The van der Waals surface area contributed by atoms with Crippen LogP contribution in [-0.2, 0) is 4.74 Å². The SMILES string of the molecule is COCCC(NCC(O)CC(C)C)C(C)C. The molecule has 3 nitrogen and oxygen atoms in total. The molecule has 0 aliphatic heterocycles. The molecule has 3 heteroatoms. The van der Waals surface area contributed by atoms with E-state index in [1.165, 1.54) is 0 Å². The molecule has 98 valence electrons.